The Morgan fingerprint density at radius 3 is 2.43 bits per heavy atom. The van der Waals surface area contributed by atoms with Gasteiger partial charge in [0.1, 0.15) is 0 Å². The van der Waals surface area contributed by atoms with E-state index in [4.69, 9.17) is 0 Å². The average Bonchev–Trinajstić information content (AvgIpc) is 2.89. The SMILES string of the molecule is CC(=O)N1CCN(C(=O)c2cnc3ccc(C)nn23)CC1. The molecular formula is C14H17N5O2. The number of amides is 2. The molecule has 110 valence electrons. The Morgan fingerprint density at radius 2 is 1.76 bits per heavy atom. The minimum absolute atomic E-state index is 0.0502. The molecule has 0 spiro atoms. The van der Waals surface area contributed by atoms with E-state index >= 15 is 0 Å². The van der Waals surface area contributed by atoms with Crippen LogP contribution < -0.4 is 0 Å². The van der Waals surface area contributed by atoms with E-state index in [0.29, 0.717) is 37.5 Å². The molecule has 1 fully saturated rings. The number of hydrogen-bond donors (Lipinski definition) is 0. The second kappa shape index (κ2) is 5.16. The van der Waals surface area contributed by atoms with Crippen LogP contribution in [0.3, 0.4) is 0 Å². The molecule has 0 unspecified atom stereocenters. The first-order chi connectivity index (χ1) is 10.1. The van der Waals surface area contributed by atoms with Crippen LogP contribution in [0.25, 0.3) is 5.65 Å². The quantitative estimate of drug-likeness (QED) is 0.758. The summed E-state index contributed by atoms with van der Waals surface area (Å²) in [6.45, 7) is 5.65. The first-order valence-electron chi connectivity index (χ1n) is 6.92. The van der Waals surface area contributed by atoms with Crippen LogP contribution >= 0.6 is 0 Å². The number of hydrogen-bond acceptors (Lipinski definition) is 4. The lowest BCUT2D eigenvalue weighted by Gasteiger charge is -2.33. The van der Waals surface area contributed by atoms with Crippen molar-refractivity contribution in [2.75, 3.05) is 26.2 Å². The zero-order chi connectivity index (χ0) is 15.0. The van der Waals surface area contributed by atoms with Gasteiger partial charge in [-0.3, -0.25) is 9.59 Å². The standard InChI is InChI=1S/C14H17N5O2/c1-10-3-4-13-15-9-12(19(13)16-10)14(21)18-7-5-17(6-8-18)11(2)20/h3-4,9H,5-8H2,1-2H3. The highest BCUT2D eigenvalue weighted by Crippen LogP contribution is 2.11. The van der Waals surface area contributed by atoms with Crippen LogP contribution in [0.15, 0.2) is 18.3 Å². The van der Waals surface area contributed by atoms with E-state index in [1.54, 1.807) is 27.4 Å². The monoisotopic (exact) mass is 287 g/mol. The lowest BCUT2D eigenvalue weighted by Crippen LogP contribution is -2.50. The number of aromatic nitrogens is 3. The Bertz CT molecular complexity index is 700. The van der Waals surface area contributed by atoms with Crippen LogP contribution in [-0.4, -0.2) is 62.4 Å². The van der Waals surface area contributed by atoms with E-state index in [1.807, 2.05) is 19.1 Å². The largest absolute Gasteiger partial charge is 0.339 e. The van der Waals surface area contributed by atoms with Crippen molar-refractivity contribution in [3.63, 3.8) is 0 Å². The third-order valence-electron chi connectivity index (χ3n) is 3.73. The van der Waals surface area contributed by atoms with Crippen molar-refractivity contribution in [1.29, 1.82) is 0 Å². The lowest BCUT2D eigenvalue weighted by molar-refractivity contribution is -0.130. The van der Waals surface area contributed by atoms with E-state index in [0.717, 1.165) is 5.69 Å². The molecule has 0 N–H and O–H groups in total. The third kappa shape index (κ3) is 2.46. The van der Waals surface area contributed by atoms with Gasteiger partial charge < -0.3 is 9.80 Å². The van der Waals surface area contributed by atoms with Crippen molar-refractivity contribution in [2.24, 2.45) is 0 Å². The van der Waals surface area contributed by atoms with Gasteiger partial charge in [0.15, 0.2) is 11.3 Å². The molecule has 7 nitrogen and oxygen atoms in total. The number of carbonyl (C=O) groups is 2. The van der Waals surface area contributed by atoms with E-state index in [9.17, 15) is 9.59 Å². The Labute approximate surface area is 122 Å². The number of nitrogens with zero attached hydrogens (tertiary/aromatic N) is 5. The summed E-state index contributed by atoms with van der Waals surface area (Å²) in [5.74, 6) is -0.0435. The summed E-state index contributed by atoms with van der Waals surface area (Å²) in [4.78, 5) is 31.6. The van der Waals surface area contributed by atoms with Crippen LogP contribution in [0.1, 0.15) is 23.1 Å². The molecule has 1 aliphatic heterocycles. The Balaban J connectivity index is 1.82. The van der Waals surface area contributed by atoms with Crippen molar-refractivity contribution in [3.8, 4) is 0 Å². The van der Waals surface area contributed by atoms with E-state index < -0.39 is 0 Å². The van der Waals surface area contributed by atoms with Gasteiger partial charge in [-0.1, -0.05) is 0 Å². The second-order valence-corrected chi connectivity index (χ2v) is 5.19. The molecule has 2 aromatic heterocycles. The number of fused-ring (bicyclic) bond motifs is 1. The zero-order valence-corrected chi connectivity index (χ0v) is 12.1. The summed E-state index contributed by atoms with van der Waals surface area (Å²) in [5.41, 5.74) is 1.95. The number of rotatable bonds is 1. The smallest absolute Gasteiger partial charge is 0.274 e. The second-order valence-electron chi connectivity index (χ2n) is 5.19. The maximum Gasteiger partial charge on any atom is 0.274 e. The highest BCUT2D eigenvalue weighted by Gasteiger charge is 2.25. The number of aryl methyl sites for hydroxylation is 1. The van der Waals surface area contributed by atoms with Crippen molar-refractivity contribution >= 4 is 17.5 Å². The molecule has 0 bridgehead atoms. The van der Waals surface area contributed by atoms with Gasteiger partial charge in [0.2, 0.25) is 5.91 Å². The number of carbonyl (C=O) groups excluding carboxylic acids is 2. The van der Waals surface area contributed by atoms with Crippen LogP contribution in [0.5, 0.6) is 0 Å². The minimum Gasteiger partial charge on any atom is -0.339 e. The highest BCUT2D eigenvalue weighted by molar-refractivity contribution is 5.93. The Hall–Kier alpha value is -2.44. The first-order valence-corrected chi connectivity index (χ1v) is 6.92. The molecule has 1 saturated heterocycles. The molecule has 3 rings (SSSR count). The van der Waals surface area contributed by atoms with Crippen LogP contribution in [-0.2, 0) is 4.79 Å². The summed E-state index contributed by atoms with van der Waals surface area (Å²) in [6.07, 6.45) is 1.56. The molecule has 0 aliphatic carbocycles. The van der Waals surface area contributed by atoms with Gasteiger partial charge >= 0.3 is 0 Å². The molecule has 2 amide bonds. The lowest BCUT2D eigenvalue weighted by atomic mass is 10.3. The Kier molecular flexibility index (Phi) is 3.32. The van der Waals surface area contributed by atoms with Gasteiger partial charge in [-0.05, 0) is 19.1 Å². The van der Waals surface area contributed by atoms with Crippen molar-refractivity contribution in [3.05, 3.63) is 29.7 Å². The molecule has 0 saturated carbocycles. The van der Waals surface area contributed by atoms with E-state index in [1.165, 1.54) is 0 Å². The fourth-order valence-corrected chi connectivity index (χ4v) is 2.50. The first kappa shape index (κ1) is 13.5. The third-order valence-corrected chi connectivity index (χ3v) is 3.73. The molecule has 3 heterocycles. The van der Waals surface area contributed by atoms with E-state index in [2.05, 4.69) is 10.1 Å². The average molecular weight is 287 g/mol. The summed E-state index contributed by atoms with van der Waals surface area (Å²) in [7, 11) is 0. The van der Waals surface area contributed by atoms with Crippen LogP contribution in [0.4, 0.5) is 0 Å². The van der Waals surface area contributed by atoms with Gasteiger partial charge in [0.05, 0.1) is 11.9 Å². The van der Waals surface area contributed by atoms with Gasteiger partial charge in [0.25, 0.3) is 5.91 Å². The summed E-state index contributed by atoms with van der Waals surface area (Å²) in [5, 5.41) is 4.34. The minimum atomic E-state index is -0.0937. The van der Waals surface area contributed by atoms with Crippen molar-refractivity contribution < 1.29 is 9.59 Å². The fourth-order valence-electron chi connectivity index (χ4n) is 2.50. The predicted octanol–water partition coefficient (Wildman–Crippen LogP) is 0.342. The number of imidazole rings is 1. The molecule has 1 aliphatic rings. The number of piperazine rings is 1. The van der Waals surface area contributed by atoms with Crippen molar-refractivity contribution in [1.82, 2.24) is 24.4 Å². The van der Waals surface area contributed by atoms with Crippen molar-refractivity contribution in [2.45, 2.75) is 13.8 Å². The van der Waals surface area contributed by atoms with Crippen LogP contribution in [0.2, 0.25) is 0 Å². The topological polar surface area (TPSA) is 70.8 Å². The summed E-state index contributed by atoms with van der Waals surface area (Å²) < 4.78 is 1.58. The summed E-state index contributed by atoms with van der Waals surface area (Å²) in [6, 6.07) is 3.70. The maximum atomic E-state index is 12.6. The summed E-state index contributed by atoms with van der Waals surface area (Å²) >= 11 is 0. The normalized spacial score (nSPS) is 15.5. The Morgan fingerprint density at radius 1 is 1.10 bits per heavy atom. The molecule has 0 radical (unpaired) electrons. The van der Waals surface area contributed by atoms with Gasteiger partial charge in [0, 0.05) is 33.1 Å². The predicted molar refractivity (Wildman–Crippen MR) is 75.9 cm³/mol. The molecule has 2 aromatic rings. The van der Waals surface area contributed by atoms with Gasteiger partial charge in [-0.15, -0.1) is 0 Å². The molecule has 21 heavy (non-hydrogen) atoms. The van der Waals surface area contributed by atoms with Crippen LogP contribution in [0, 0.1) is 6.92 Å². The van der Waals surface area contributed by atoms with Gasteiger partial charge in [-0.25, -0.2) is 9.50 Å². The maximum absolute atomic E-state index is 12.6. The molecule has 0 aromatic carbocycles. The zero-order valence-electron chi connectivity index (χ0n) is 12.1. The highest BCUT2D eigenvalue weighted by atomic mass is 16.2. The fraction of sp³-hybridized carbons (Fsp3) is 0.429. The van der Waals surface area contributed by atoms with E-state index in [-0.39, 0.29) is 11.8 Å². The molecule has 7 heteroatoms. The molecular weight excluding hydrogens is 270 g/mol. The van der Waals surface area contributed by atoms with Gasteiger partial charge in [-0.2, -0.15) is 5.10 Å². The molecule has 0 atom stereocenters.